The standard InChI is InChI=1S/C19H22N6O/c1-3-4-7-15-17(19(21)26)24-25(14-6-5-8-22-11-14)18(15)16-12(2)9-13(20)10-23-16/h5-6,8-11H,3-4,7,20H2,1-2H3,(H2,21,26). The number of aryl methyl sites for hydroxylation is 1. The number of anilines is 1. The van der Waals surface area contributed by atoms with Crippen LogP contribution in [0.1, 0.15) is 41.4 Å². The van der Waals surface area contributed by atoms with Crippen LogP contribution in [0.25, 0.3) is 17.1 Å². The quantitative estimate of drug-likeness (QED) is 0.709. The third-order valence-corrected chi connectivity index (χ3v) is 4.21. The predicted octanol–water partition coefficient (Wildman–Crippen LogP) is 2.66. The molecule has 0 unspecified atom stereocenters. The van der Waals surface area contributed by atoms with Crippen molar-refractivity contribution in [1.29, 1.82) is 0 Å². The van der Waals surface area contributed by atoms with Gasteiger partial charge in [0, 0.05) is 11.8 Å². The monoisotopic (exact) mass is 350 g/mol. The van der Waals surface area contributed by atoms with E-state index in [1.54, 1.807) is 23.3 Å². The van der Waals surface area contributed by atoms with E-state index < -0.39 is 5.91 Å². The maximum atomic E-state index is 12.0. The minimum Gasteiger partial charge on any atom is -0.397 e. The first kappa shape index (κ1) is 17.6. The average molecular weight is 350 g/mol. The molecule has 4 N–H and O–H groups in total. The Bertz CT molecular complexity index is 933. The van der Waals surface area contributed by atoms with Gasteiger partial charge >= 0.3 is 0 Å². The molecule has 0 aliphatic rings. The molecule has 0 atom stereocenters. The van der Waals surface area contributed by atoms with Crippen molar-refractivity contribution < 1.29 is 4.79 Å². The Balaban J connectivity index is 2.32. The van der Waals surface area contributed by atoms with Crippen LogP contribution in [0.2, 0.25) is 0 Å². The number of rotatable bonds is 6. The first-order valence-corrected chi connectivity index (χ1v) is 8.57. The number of primary amides is 1. The predicted molar refractivity (Wildman–Crippen MR) is 101 cm³/mol. The van der Waals surface area contributed by atoms with E-state index in [-0.39, 0.29) is 5.69 Å². The van der Waals surface area contributed by atoms with E-state index in [1.165, 1.54) is 0 Å². The van der Waals surface area contributed by atoms with E-state index in [0.717, 1.165) is 41.0 Å². The van der Waals surface area contributed by atoms with E-state index >= 15 is 0 Å². The number of nitrogens with two attached hydrogens (primary N) is 2. The van der Waals surface area contributed by atoms with Gasteiger partial charge in [0.1, 0.15) is 0 Å². The van der Waals surface area contributed by atoms with Crippen molar-refractivity contribution >= 4 is 11.6 Å². The largest absolute Gasteiger partial charge is 0.397 e. The second kappa shape index (κ2) is 7.35. The van der Waals surface area contributed by atoms with E-state index in [0.29, 0.717) is 12.1 Å². The summed E-state index contributed by atoms with van der Waals surface area (Å²) in [5.74, 6) is -0.548. The summed E-state index contributed by atoms with van der Waals surface area (Å²) in [5.41, 5.74) is 16.3. The molecule has 0 aliphatic carbocycles. The molecule has 26 heavy (non-hydrogen) atoms. The second-order valence-corrected chi connectivity index (χ2v) is 6.20. The fourth-order valence-corrected chi connectivity index (χ4v) is 2.99. The van der Waals surface area contributed by atoms with Crippen LogP contribution >= 0.6 is 0 Å². The summed E-state index contributed by atoms with van der Waals surface area (Å²) in [6, 6.07) is 5.56. The number of hydrogen-bond donors (Lipinski definition) is 2. The highest BCUT2D eigenvalue weighted by atomic mass is 16.1. The number of aromatic nitrogens is 4. The van der Waals surface area contributed by atoms with Gasteiger partial charge in [0.05, 0.1) is 35.2 Å². The van der Waals surface area contributed by atoms with Crippen LogP contribution in [0.3, 0.4) is 0 Å². The van der Waals surface area contributed by atoms with Crippen molar-refractivity contribution in [3.63, 3.8) is 0 Å². The van der Waals surface area contributed by atoms with Gasteiger partial charge in [-0.05, 0) is 43.5 Å². The molecule has 0 bridgehead atoms. The van der Waals surface area contributed by atoms with E-state index in [4.69, 9.17) is 11.5 Å². The molecule has 134 valence electrons. The third kappa shape index (κ3) is 3.28. The molecule has 1 amide bonds. The topological polar surface area (TPSA) is 113 Å². The Kier molecular flexibility index (Phi) is 4.97. The van der Waals surface area contributed by atoms with Crippen molar-refractivity contribution in [2.24, 2.45) is 5.73 Å². The molecule has 3 aromatic heterocycles. The van der Waals surface area contributed by atoms with Gasteiger partial charge in [-0.2, -0.15) is 5.10 Å². The van der Waals surface area contributed by atoms with Gasteiger partial charge < -0.3 is 11.5 Å². The minimum absolute atomic E-state index is 0.273. The van der Waals surface area contributed by atoms with Crippen LogP contribution < -0.4 is 11.5 Å². The molecule has 7 nitrogen and oxygen atoms in total. The summed E-state index contributed by atoms with van der Waals surface area (Å²) in [5, 5.41) is 4.50. The second-order valence-electron chi connectivity index (χ2n) is 6.20. The number of carbonyl (C=O) groups excluding carboxylic acids is 1. The number of pyridine rings is 2. The zero-order chi connectivity index (χ0) is 18.7. The summed E-state index contributed by atoms with van der Waals surface area (Å²) in [7, 11) is 0. The third-order valence-electron chi connectivity index (χ3n) is 4.21. The average Bonchev–Trinajstić information content (AvgIpc) is 3.00. The number of nitrogens with zero attached hydrogens (tertiary/aromatic N) is 4. The maximum absolute atomic E-state index is 12.0. The molecule has 0 aromatic carbocycles. The molecule has 7 heteroatoms. The zero-order valence-electron chi connectivity index (χ0n) is 14.9. The Morgan fingerprint density at radius 3 is 2.73 bits per heavy atom. The van der Waals surface area contributed by atoms with Crippen LogP contribution in [0.4, 0.5) is 5.69 Å². The smallest absolute Gasteiger partial charge is 0.269 e. The van der Waals surface area contributed by atoms with E-state index in [2.05, 4.69) is 22.0 Å². The maximum Gasteiger partial charge on any atom is 0.269 e. The van der Waals surface area contributed by atoms with Gasteiger partial charge in [0.15, 0.2) is 5.69 Å². The van der Waals surface area contributed by atoms with Crippen LogP contribution in [0.15, 0.2) is 36.8 Å². The molecular weight excluding hydrogens is 328 g/mol. The van der Waals surface area contributed by atoms with Crippen molar-refractivity contribution in [1.82, 2.24) is 19.7 Å². The molecule has 0 aliphatic heterocycles. The number of hydrogen-bond acceptors (Lipinski definition) is 5. The Labute approximate surface area is 152 Å². The van der Waals surface area contributed by atoms with Crippen molar-refractivity contribution in [2.75, 3.05) is 5.73 Å². The van der Waals surface area contributed by atoms with Gasteiger partial charge in [-0.15, -0.1) is 0 Å². The first-order valence-electron chi connectivity index (χ1n) is 8.57. The number of amides is 1. The van der Waals surface area contributed by atoms with Crippen molar-refractivity contribution in [2.45, 2.75) is 33.1 Å². The molecule has 0 spiro atoms. The molecule has 0 radical (unpaired) electrons. The summed E-state index contributed by atoms with van der Waals surface area (Å²) < 4.78 is 1.70. The van der Waals surface area contributed by atoms with Crippen LogP contribution in [0.5, 0.6) is 0 Å². The first-order chi connectivity index (χ1) is 12.5. The van der Waals surface area contributed by atoms with Gasteiger partial charge in [0.2, 0.25) is 0 Å². The molecule has 3 aromatic rings. The highest BCUT2D eigenvalue weighted by Crippen LogP contribution is 2.31. The fourth-order valence-electron chi connectivity index (χ4n) is 2.99. The van der Waals surface area contributed by atoms with Gasteiger partial charge in [-0.3, -0.25) is 14.8 Å². The van der Waals surface area contributed by atoms with E-state index in [9.17, 15) is 4.79 Å². The lowest BCUT2D eigenvalue weighted by molar-refractivity contribution is 0.0994. The summed E-state index contributed by atoms with van der Waals surface area (Å²) >= 11 is 0. The SMILES string of the molecule is CCCCc1c(C(N)=O)nn(-c2cccnc2)c1-c1ncc(N)cc1C. The highest BCUT2D eigenvalue weighted by molar-refractivity contribution is 5.94. The number of unbranched alkanes of at least 4 members (excludes halogenated alkanes) is 1. The molecule has 3 rings (SSSR count). The lowest BCUT2D eigenvalue weighted by Crippen LogP contribution is -2.14. The Morgan fingerprint density at radius 1 is 1.31 bits per heavy atom. The van der Waals surface area contributed by atoms with Crippen molar-refractivity contribution in [3.8, 4) is 17.1 Å². The van der Waals surface area contributed by atoms with Crippen LogP contribution in [-0.2, 0) is 6.42 Å². The van der Waals surface area contributed by atoms with Crippen LogP contribution in [0, 0.1) is 6.92 Å². The summed E-state index contributed by atoms with van der Waals surface area (Å²) in [6.07, 6.45) is 7.58. The zero-order valence-corrected chi connectivity index (χ0v) is 14.9. The minimum atomic E-state index is -0.548. The van der Waals surface area contributed by atoms with Crippen LogP contribution in [-0.4, -0.2) is 25.7 Å². The number of nitrogen functional groups attached to an aromatic ring is 1. The summed E-state index contributed by atoms with van der Waals surface area (Å²) in [6.45, 7) is 4.04. The lowest BCUT2D eigenvalue weighted by Gasteiger charge is -2.12. The van der Waals surface area contributed by atoms with E-state index in [1.807, 2.05) is 25.1 Å². The normalized spacial score (nSPS) is 10.8. The molecule has 0 fully saturated rings. The fraction of sp³-hybridized carbons (Fsp3) is 0.263. The highest BCUT2D eigenvalue weighted by Gasteiger charge is 2.25. The van der Waals surface area contributed by atoms with Crippen molar-refractivity contribution in [3.05, 3.63) is 53.6 Å². The summed E-state index contributed by atoms with van der Waals surface area (Å²) in [4.78, 5) is 20.7. The number of carbonyl (C=O) groups is 1. The lowest BCUT2D eigenvalue weighted by atomic mass is 10.0. The molecule has 0 saturated carbocycles. The molecule has 0 saturated heterocycles. The Hall–Kier alpha value is -3.22. The van der Waals surface area contributed by atoms with Gasteiger partial charge in [-0.25, -0.2) is 4.68 Å². The molecular formula is C19H22N6O. The Morgan fingerprint density at radius 2 is 2.12 bits per heavy atom. The van der Waals surface area contributed by atoms with Gasteiger partial charge in [-0.1, -0.05) is 13.3 Å². The molecule has 3 heterocycles. The van der Waals surface area contributed by atoms with Gasteiger partial charge in [0.25, 0.3) is 5.91 Å².